The van der Waals surface area contributed by atoms with Gasteiger partial charge in [-0.25, -0.2) is 0 Å². The number of Topliss-reactive ketones (excluding diaryl/α,β-unsaturated/α-hetero) is 1. The van der Waals surface area contributed by atoms with Crippen LogP contribution in [-0.2, 0) is 4.79 Å². The quantitative estimate of drug-likeness (QED) is 0.307. The van der Waals surface area contributed by atoms with Crippen LogP contribution >= 0.6 is 0 Å². The predicted octanol–water partition coefficient (Wildman–Crippen LogP) is 5.16. The fourth-order valence-electron chi connectivity index (χ4n) is 3.93. The molecule has 2 amide bonds. The Labute approximate surface area is 223 Å². The molecule has 198 valence electrons. The van der Waals surface area contributed by atoms with Crippen LogP contribution in [0.5, 0.6) is 11.5 Å². The molecule has 0 aliphatic carbocycles. The van der Waals surface area contributed by atoms with Gasteiger partial charge in [0.1, 0.15) is 0 Å². The van der Waals surface area contributed by atoms with E-state index in [1.54, 1.807) is 50.6 Å². The molecule has 0 saturated heterocycles. The topological polar surface area (TPSA) is 93.7 Å². The third kappa shape index (κ3) is 7.80. The highest BCUT2D eigenvalue weighted by atomic mass is 16.5. The Morgan fingerprint density at radius 2 is 1.55 bits per heavy atom. The Hall–Kier alpha value is -4.39. The molecule has 0 aromatic heterocycles. The van der Waals surface area contributed by atoms with E-state index in [0.717, 1.165) is 18.4 Å². The molecule has 38 heavy (non-hydrogen) atoms. The van der Waals surface area contributed by atoms with Crippen LogP contribution < -0.4 is 20.1 Å². The van der Waals surface area contributed by atoms with Gasteiger partial charge in [0.15, 0.2) is 17.3 Å². The van der Waals surface area contributed by atoms with Crippen molar-refractivity contribution < 1.29 is 23.9 Å². The fraction of sp³-hybridized carbons (Fsp3) is 0.258. The number of nitrogens with one attached hydrogen (secondary N) is 2. The minimum Gasteiger partial charge on any atom is -0.493 e. The van der Waals surface area contributed by atoms with Crippen molar-refractivity contribution in [1.29, 1.82) is 0 Å². The summed E-state index contributed by atoms with van der Waals surface area (Å²) in [6, 6.07) is 20.8. The summed E-state index contributed by atoms with van der Waals surface area (Å²) in [5.41, 5.74) is 2.51. The molecule has 7 nitrogen and oxygen atoms in total. The number of rotatable bonds is 13. The first kappa shape index (κ1) is 28.2. The average molecular weight is 515 g/mol. The fourth-order valence-corrected chi connectivity index (χ4v) is 3.93. The van der Waals surface area contributed by atoms with Gasteiger partial charge >= 0.3 is 0 Å². The van der Waals surface area contributed by atoms with Crippen LogP contribution in [0.2, 0.25) is 0 Å². The molecular weight excluding hydrogens is 480 g/mol. The molecule has 0 aliphatic rings. The number of benzene rings is 3. The summed E-state index contributed by atoms with van der Waals surface area (Å²) in [7, 11) is 3.16. The van der Waals surface area contributed by atoms with Gasteiger partial charge in [0, 0.05) is 11.1 Å². The van der Waals surface area contributed by atoms with E-state index in [-0.39, 0.29) is 24.1 Å². The molecule has 3 rings (SSSR count). The largest absolute Gasteiger partial charge is 0.493 e. The molecule has 3 aromatic carbocycles. The van der Waals surface area contributed by atoms with E-state index in [1.165, 1.54) is 0 Å². The molecule has 7 heteroatoms. The maximum absolute atomic E-state index is 13.3. The summed E-state index contributed by atoms with van der Waals surface area (Å²) in [5, 5.41) is 5.56. The molecule has 0 aliphatic heterocycles. The Kier molecular flexibility index (Phi) is 10.7. The van der Waals surface area contributed by atoms with Gasteiger partial charge in [-0.3, -0.25) is 14.4 Å². The van der Waals surface area contributed by atoms with E-state index in [4.69, 9.17) is 9.47 Å². The average Bonchev–Trinajstić information content (AvgIpc) is 2.96. The van der Waals surface area contributed by atoms with Crippen LogP contribution in [0.4, 0.5) is 0 Å². The minimum absolute atomic E-state index is 0.163. The Balaban J connectivity index is 1.72. The molecule has 0 spiro atoms. The van der Waals surface area contributed by atoms with Crippen LogP contribution in [-0.4, -0.2) is 44.4 Å². The predicted molar refractivity (Wildman–Crippen MR) is 149 cm³/mol. The molecule has 2 N–H and O–H groups in total. The summed E-state index contributed by atoms with van der Waals surface area (Å²) < 4.78 is 10.7. The van der Waals surface area contributed by atoms with Gasteiger partial charge in [-0.2, -0.15) is 0 Å². The zero-order valence-corrected chi connectivity index (χ0v) is 22.0. The number of amides is 2. The number of carbonyl (C=O) groups excluding carboxylic acids is 3. The second-order valence-corrected chi connectivity index (χ2v) is 8.72. The summed E-state index contributed by atoms with van der Waals surface area (Å²) >= 11 is 0. The summed E-state index contributed by atoms with van der Waals surface area (Å²) in [4.78, 5) is 38.6. The molecule has 0 heterocycles. The molecule has 0 bridgehead atoms. The van der Waals surface area contributed by atoms with E-state index >= 15 is 0 Å². The first-order valence-corrected chi connectivity index (χ1v) is 12.6. The van der Waals surface area contributed by atoms with Gasteiger partial charge in [0.2, 0.25) is 0 Å². The van der Waals surface area contributed by atoms with E-state index in [9.17, 15) is 14.4 Å². The maximum Gasteiger partial charge on any atom is 0.252 e. The van der Waals surface area contributed by atoms with Crippen molar-refractivity contribution in [1.82, 2.24) is 10.6 Å². The van der Waals surface area contributed by atoms with Crippen LogP contribution in [0.25, 0.3) is 12.2 Å². The lowest BCUT2D eigenvalue weighted by molar-refractivity contribution is -0.120. The first-order valence-electron chi connectivity index (χ1n) is 12.6. The molecule has 3 aromatic rings. The van der Waals surface area contributed by atoms with E-state index < -0.39 is 6.04 Å². The number of ether oxygens (including phenoxy) is 2. The normalized spacial score (nSPS) is 11.6. The third-order valence-electron chi connectivity index (χ3n) is 6.07. The lowest BCUT2D eigenvalue weighted by Crippen LogP contribution is -2.45. The monoisotopic (exact) mass is 514 g/mol. The van der Waals surface area contributed by atoms with Gasteiger partial charge in [-0.1, -0.05) is 74.4 Å². The summed E-state index contributed by atoms with van der Waals surface area (Å²) in [6.07, 6.45) is 5.86. The van der Waals surface area contributed by atoms with E-state index in [2.05, 4.69) is 10.6 Å². The SMILES string of the molecule is CCCCC(NC(=O)c1ccccc1/C=C/c1ccc(OC)c(OC)c1)C(=O)CNC(=O)c1ccccc1. The highest BCUT2D eigenvalue weighted by Gasteiger charge is 2.22. The van der Waals surface area contributed by atoms with Crippen LogP contribution in [0.15, 0.2) is 72.8 Å². The number of hydrogen-bond acceptors (Lipinski definition) is 5. The van der Waals surface area contributed by atoms with Gasteiger partial charge in [-0.15, -0.1) is 0 Å². The summed E-state index contributed by atoms with van der Waals surface area (Å²) in [5.74, 6) is 0.325. The number of methoxy groups -OCH3 is 2. The first-order chi connectivity index (χ1) is 18.5. The van der Waals surface area contributed by atoms with Crippen molar-refractivity contribution in [3.8, 4) is 11.5 Å². The highest BCUT2D eigenvalue weighted by molar-refractivity contribution is 6.02. The third-order valence-corrected chi connectivity index (χ3v) is 6.07. The van der Waals surface area contributed by atoms with Gasteiger partial charge in [0.05, 0.1) is 26.8 Å². The van der Waals surface area contributed by atoms with Crippen molar-refractivity contribution >= 4 is 29.7 Å². The van der Waals surface area contributed by atoms with Crippen molar-refractivity contribution in [2.24, 2.45) is 0 Å². The Bertz CT molecular complexity index is 1270. The van der Waals surface area contributed by atoms with Gasteiger partial charge in [-0.05, 0) is 47.9 Å². The maximum atomic E-state index is 13.3. The number of unbranched alkanes of at least 4 members (excludes halogenated alkanes) is 1. The molecule has 1 atom stereocenters. The van der Waals surface area contributed by atoms with Crippen molar-refractivity contribution in [2.75, 3.05) is 20.8 Å². The van der Waals surface area contributed by atoms with Crippen molar-refractivity contribution in [3.05, 3.63) is 95.1 Å². The number of hydrogen-bond donors (Lipinski definition) is 2. The van der Waals surface area contributed by atoms with Gasteiger partial charge < -0.3 is 20.1 Å². The summed E-state index contributed by atoms with van der Waals surface area (Å²) in [6.45, 7) is 1.86. The molecule has 0 saturated carbocycles. The highest BCUT2D eigenvalue weighted by Crippen LogP contribution is 2.28. The Morgan fingerprint density at radius 1 is 0.842 bits per heavy atom. The molecule has 0 fully saturated rings. The number of ketones is 1. The molecule has 0 radical (unpaired) electrons. The lowest BCUT2D eigenvalue weighted by atomic mass is 10.0. The second kappa shape index (κ2) is 14.4. The number of carbonyl (C=O) groups is 3. The van der Waals surface area contributed by atoms with Gasteiger partial charge in [0.25, 0.3) is 11.8 Å². The van der Waals surface area contributed by atoms with Crippen molar-refractivity contribution in [2.45, 2.75) is 32.2 Å². The van der Waals surface area contributed by atoms with E-state index in [1.807, 2.05) is 55.5 Å². The minimum atomic E-state index is -0.707. The van der Waals surface area contributed by atoms with Crippen LogP contribution in [0, 0.1) is 0 Å². The lowest BCUT2D eigenvalue weighted by Gasteiger charge is -2.18. The zero-order chi connectivity index (χ0) is 27.3. The van der Waals surface area contributed by atoms with Crippen LogP contribution in [0.3, 0.4) is 0 Å². The van der Waals surface area contributed by atoms with Crippen molar-refractivity contribution in [3.63, 3.8) is 0 Å². The van der Waals surface area contributed by atoms with Crippen LogP contribution in [0.1, 0.15) is 58.0 Å². The Morgan fingerprint density at radius 3 is 2.26 bits per heavy atom. The zero-order valence-electron chi connectivity index (χ0n) is 22.0. The molecule has 1 unspecified atom stereocenters. The van der Waals surface area contributed by atoms with E-state index in [0.29, 0.717) is 34.6 Å². The second-order valence-electron chi connectivity index (χ2n) is 8.72. The molecular formula is C31H34N2O5. The smallest absolute Gasteiger partial charge is 0.252 e. The standard InChI is InChI=1S/C31H34N2O5/c1-4-5-15-26(27(34)21-32-30(35)24-12-7-6-8-13-24)33-31(36)25-14-10-9-11-23(25)18-16-22-17-19-28(37-2)29(20-22)38-3/h6-14,16-20,26H,4-5,15,21H2,1-3H3,(H,32,35)(H,33,36)/b18-16+.